The molecular weight excluding hydrogens is 204 g/mol. The average molecular weight is 218 g/mol. The SMILES string of the molecule is C#CCCNS(=O)(=O)N1CCOCC1. The molecule has 5 nitrogen and oxygen atoms in total. The topological polar surface area (TPSA) is 58.6 Å². The first-order valence-electron chi connectivity index (χ1n) is 4.43. The molecule has 0 saturated carbocycles. The van der Waals surface area contributed by atoms with Crippen LogP contribution in [-0.2, 0) is 14.9 Å². The van der Waals surface area contributed by atoms with Crippen LogP contribution in [-0.4, -0.2) is 45.6 Å². The van der Waals surface area contributed by atoms with Gasteiger partial charge in [-0.25, -0.2) is 4.72 Å². The van der Waals surface area contributed by atoms with Crippen molar-refractivity contribution in [2.45, 2.75) is 6.42 Å². The molecule has 0 bridgehead atoms. The number of hydrogen-bond donors (Lipinski definition) is 1. The number of morpholine rings is 1. The fourth-order valence-electron chi connectivity index (χ4n) is 1.13. The molecule has 14 heavy (non-hydrogen) atoms. The molecule has 0 aromatic carbocycles. The number of rotatable bonds is 4. The lowest BCUT2D eigenvalue weighted by Crippen LogP contribution is -2.46. The molecule has 0 unspecified atom stereocenters. The van der Waals surface area contributed by atoms with Crippen molar-refractivity contribution >= 4 is 10.2 Å². The summed E-state index contributed by atoms with van der Waals surface area (Å²) in [5.74, 6) is 2.37. The number of terminal acetylenes is 1. The van der Waals surface area contributed by atoms with Crippen molar-refractivity contribution in [1.82, 2.24) is 9.03 Å². The second-order valence-electron chi connectivity index (χ2n) is 2.86. The predicted octanol–water partition coefficient (Wildman–Crippen LogP) is -0.824. The van der Waals surface area contributed by atoms with Gasteiger partial charge in [-0.15, -0.1) is 12.3 Å². The Morgan fingerprint density at radius 1 is 1.43 bits per heavy atom. The molecule has 1 saturated heterocycles. The first kappa shape index (κ1) is 11.5. The van der Waals surface area contributed by atoms with E-state index in [-0.39, 0.29) is 6.54 Å². The molecule has 80 valence electrons. The number of nitrogens with zero attached hydrogens (tertiary/aromatic N) is 1. The van der Waals surface area contributed by atoms with Gasteiger partial charge in [0.05, 0.1) is 13.2 Å². The monoisotopic (exact) mass is 218 g/mol. The van der Waals surface area contributed by atoms with Gasteiger partial charge < -0.3 is 4.74 Å². The molecule has 1 heterocycles. The van der Waals surface area contributed by atoms with Crippen LogP contribution in [0.2, 0.25) is 0 Å². The second kappa shape index (κ2) is 5.32. The third-order valence-electron chi connectivity index (χ3n) is 1.86. The van der Waals surface area contributed by atoms with Gasteiger partial charge in [0.2, 0.25) is 0 Å². The minimum Gasteiger partial charge on any atom is -0.379 e. The number of nitrogens with one attached hydrogen (secondary N) is 1. The molecule has 1 aliphatic heterocycles. The lowest BCUT2D eigenvalue weighted by molar-refractivity contribution is 0.0725. The van der Waals surface area contributed by atoms with Crippen LogP contribution in [0.1, 0.15) is 6.42 Å². The van der Waals surface area contributed by atoms with E-state index in [0.29, 0.717) is 32.7 Å². The molecule has 0 atom stereocenters. The molecule has 1 N–H and O–H groups in total. The molecule has 0 amide bonds. The highest BCUT2D eigenvalue weighted by Crippen LogP contribution is 2.02. The Kier molecular flexibility index (Phi) is 4.35. The molecule has 0 spiro atoms. The van der Waals surface area contributed by atoms with Gasteiger partial charge in [-0.1, -0.05) is 0 Å². The quantitative estimate of drug-likeness (QED) is 0.495. The fraction of sp³-hybridized carbons (Fsp3) is 0.750. The Morgan fingerprint density at radius 2 is 2.07 bits per heavy atom. The smallest absolute Gasteiger partial charge is 0.279 e. The third-order valence-corrected chi connectivity index (χ3v) is 3.48. The Morgan fingerprint density at radius 3 is 2.64 bits per heavy atom. The van der Waals surface area contributed by atoms with Crippen LogP contribution in [0.4, 0.5) is 0 Å². The van der Waals surface area contributed by atoms with Gasteiger partial charge in [-0.2, -0.15) is 12.7 Å². The first-order chi connectivity index (χ1) is 6.67. The Labute approximate surface area is 84.6 Å². The van der Waals surface area contributed by atoms with Crippen LogP contribution in [0, 0.1) is 12.3 Å². The summed E-state index contributed by atoms with van der Waals surface area (Å²) in [6.45, 7) is 2.01. The summed E-state index contributed by atoms with van der Waals surface area (Å²) in [5, 5.41) is 0. The van der Waals surface area contributed by atoms with Gasteiger partial charge in [0.15, 0.2) is 0 Å². The Bertz CT molecular complexity index is 301. The van der Waals surface area contributed by atoms with Crippen molar-refractivity contribution in [2.24, 2.45) is 0 Å². The van der Waals surface area contributed by atoms with E-state index in [0.717, 1.165) is 0 Å². The van der Waals surface area contributed by atoms with Crippen molar-refractivity contribution in [2.75, 3.05) is 32.8 Å². The summed E-state index contributed by atoms with van der Waals surface area (Å²) in [6, 6.07) is 0. The molecule has 0 aliphatic carbocycles. The lowest BCUT2D eigenvalue weighted by Gasteiger charge is -2.25. The molecule has 0 aromatic heterocycles. The molecule has 1 fully saturated rings. The number of ether oxygens (including phenoxy) is 1. The summed E-state index contributed by atoms with van der Waals surface area (Å²) in [7, 11) is -3.35. The molecule has 0 aromatic rings. The van der Waals surface area contributed by atoms with Crippen molar-refractivity contribution < 1.29 is 13.2 Å². The molecule has 1 aliphatic rings. The van der Waals surface area contributed by atoms with Crippen LogP contribution < -0.4 is 4.72 Å². The van der Waals surface area contributed by atoms with Crippen LogP contribution in [0.25, 0.3) is 0 Å². The molecule has 6 heteroatoms. The Hall–Kier alpha value is -0.610. The average Bonchev–Trinajstić information content (AvgIpc) is 2.19. The molecule has 1 rings (SSSR count). The standard InChI is InChI=1S/C8H14N2O3S/c1-2-3-4-9-14(11,12)10-5-7-13-8-6-10/h1,9H,3-8H2. The van der Waals surface area contributed by atoms with Crippen LogP contribution in [0.5, 0.6) is 0 Å². The highest BCUT2D eigenvalue weighted by molar-refractivity contribution is 7.87. The summed E-state index contributed by atoms with van der Waals surface area (Å²) in [4.78, 5) is 0. The maximum atomic E-state index is 11.6. The summed E-state index contributed by atoms with van der Waals surface area (Å²) in [6.07, 6.45) is 5.42. The minimum atomic E-state index is -3.35. The van der Waals surface area contributed by atoms with E-state index < -0.39 is 10.2 Å². The van der Waals surface area contributed by atoms with Crippen LogP contribution in [0.15, 0.2) is 0 Å². The highest BCUT2D eigenvalue weighted by atomic mass is 32.2. The van der Waals surface area contributed by atoms with E-state index in [9.17, 15) is 8.42 Å². The van der Waals surface area contributed by atoms with E-state index in [4.69, 9.17) is 11.2 Å². The Balaban J connectivity index is 2.43. The first-order valence-corrected chi connectivity index (χ1v) is 5.87. The zero-order chi connectivity index (χ0) is 10.4. The van der Waals surface area contributed by atoms with Gasteiger partial charge in [0, 0.05) is 26.1 Å². The fourth-order valence-corrected chi connectivity index (χ4v) is 2.30. The van der Waals surface area contributed by atoms with E-state index in [1.54, 1.807) is 0 Å². The highest BCUT2D eigenvalue weighted by Gasteiger charge is 2.22. The van der Waals surface area contributed by atoms with Crippen LogP contribution in [0.3, 0.4) is 0 Å². The van der Waals surface area contributed by atoms with Gasteiger partial charge >= 0.3 is 0 Å². The molecule has 0 radical (unpaired) electrons. The van der Waals surface area contributed by atoms with Gasteiger partial charge in [0.25, 0.3) is 10.2 Å². The van der Waals surface area contributed by atoms with Crippen molar-refractivity contribution in [3.63, 3.8) is 0 Å². The van der Waals surface area contributed by atoms with Crippen molar-refractivity contribution in [1.29, 1.82) is 0 Å². The summed E-state index contributed by atoms with van der Waals surface area (Å²) in [5.41, 5.74) is 0. The van der Waals surface area contributed by atoms with Gasteiger partial charge in [0.1, 0.15) is 0 Å². The zero-order valence-electron chi connectivity index (χ0n) is 7.90. The van der Waals surface area contributed by atoms with Crippen molar-refractivity contribution in [3.8, 4) is 12.3 Å². The van der Waals surface area contributed by atoms with Gasteiger partial charge in [-0.3, -0.25) is 0 Å². The van der Waals surface area contributed by atoms with E-state index in [1.807, 2.05) is 0 Å². The summed E-state index contributed by atoms with van der Waals surface area (Å²) < 4.78 is 32.0. The largest absolute Gasteiger partial charge is 0.379 e. The van der Waals surface area contributed by atoms with Crippen molar-refractivity contribution in [3.05, 3.63) is 0 Å². The normalized spacial score (nSPS) is 19.1. The number of hydrogen-bond acceptors (Lipinski definition) is 3. The second-order valence-corrected chi connectivity index (χ2v) is 4.62. The van der Waals surface area contributed by atoms with E-state index in [2.05, 4.69) is 10.6 Å². The van der Waals surface area contributed by atoms with Gasteiger partial charge in [-0.05, 0) is 0 Å². The maximum absolute atomic E-state index is 11.6. The third kappa shape index (κ3) is 3.27. The van der Waals surface area contributed by atoms with E-state index >= 15 is 0 Å². The van der Waals surface area contributed by atoms with E-state index in [1.165, 1.54) is 4.31 Å². The minimum absolute atomic E-state index is 0.288. The predicted molar refractivity (Wildman–Crippen MR) is 52.8 cm³/mol. The zero-order valence-corrected chi connectivity index (χ0v) is 8.72. The maximum Gasteiger partial charge on any atom is 0.279 e. The molecular formula is C8H14N2O3S. The lowest BCUT2D eigenvalue weighted by atomic mass is 10.5. The summed E-state index contributed by atoms with van der Waals surface area (Å²) >= 11 is 0. The van der Waals surface area contributed by atoms with Crippen LogP contribution >= 0.6 is 0 Å².